The first-order valence-corrected chi connectivity index (χ1v) is 6.46. The van der Waals surface area contributed by atoms with Crippen LogP contribution in [0.5, 0.6) is 0 Å². The van der Waals surface area contributed by atoms with E-state index in [-0.39, 0.29) is 0 Å². The molecule has 0 bridgehead atoms. The van der Waals surface area contributed by atoms with Gasteiger partial charge in [-0.2, -0.15) is 4.98 Å². The Hall–Kier alpha value is -1.56. The molecule has 17 heavy (non-hydrogen) atoms. The van der Waals surface area contributed by atoms with E-state index in [1.807, 2.05) is 6.07 Å². The first-order valence-electron chi connectivity index (χ1n) is 5.47. The maximum Gasteiger partial charge on any atom is 0.229 e. The monoisotopic (exact) mass is 248 g/mol. The third-order valence-corrected chi connectivity index (χ3v) is 3.66. The van der Waals surface area contributed by atoms with Gasteiger partial charge in [-0.05, 0) is 18.9 Å². The second kappa shape index (κ2) is 4.37. The van der Waals surface area contributed by atoms with Crippen LogP contribution in [0.15, 0.2) is 27.9 Å². The fourth-order valence-electron chi connectivity index (χ4n) is 1.49. The van der Waals surface area contributed by atoms with Crippen LogP contribution < -0.4 is 5.73 Å². The van der Waals surface area contributed by atoms with Crippen molar-refractivity contribution in [3.63, 3.8) is 0 Å². The third-order valence-electron chi connectivity index (χ3n) is 2.58. The van der Waals surface area contributed by atoms with Gasteiger partial charge in [0.05, 0.1) is 17.6 Å². The Labute approximate surface area is 103 Å². The summed E-state index contributed by atoms with van der Waals surface area (Å²) in [6, 6.07) is 1.89. The van der Waals surface area contributed by atoms with Gasteiger partial charge in [-0.15, -0.1) is 11.8 Å². The number of pyridine rings is 1. The van der Waals surface area contributed by atoms with Crippen LogP contribution in [0, 0.1) is 0 Å². The van der Waals surface area contributed by atoms with E-state index in [9.17, 15) is 0 Å². The van der Waals surface area contributed by atoms with Gasteiger partial charge in [0, 0.05) is 17.0 Å². The molecule has 1 saturated carbocycles. The molecule has 0 atom stereocenters. The lowest BCUT2D eigenvalue weighted by Crippen LogP contribution is -1.91. The Morgan fingerprint density at radius 2 is 2.35 bits per heavy atom. The number of nitrogens with zero attached hydrogens (tertiary/aromatic N) is 3. The van der Waals surface area contributed by atoms with Crippen LogP contribution in [-0.2, 0) is 5.75 Å². The van der Waals surface area contributed by atoms with Crippen molar-refractivity contribution in [1.82, 2.24) is 15.1 Å². The van der Waals surface area contributed by atoms with Crippen molar-refractivity contribution >= 4 is 17.4 Å². The van der Waals surface area contributed by atoms with Gasteiger partial charge < -0.3 is 10.3 Å². The molecule has 0 amide bonds. The largest absolute Gasteiger partial charge is 0.397 e. The number of hydrogen-bond acceptors (Lipinski definition) is 6. The quantitative estimate of drug-likeness (QED) is 0.836. The van der Waals surface area contributed by atoms with Gasteiger partial charge in [-0.25, -0.2) is 0 Å². The molecular formula is C11H12N4OS. The normalized spacial score (nSPS) is 15.1. The van der Waals surface area contributed by atoms with E-state index >= 15 is 0 Å². The van der Waals surface area contributed by atoms with Crippen molar-refractivity contribution in [3.8, 4) is 0 Å². The number of thioether (sulfide) groups is 1. The van der Waals surface area contributed by atoms with E-state index < -0.39 is 0 Å². The van der Waals surface area contributed by atoms with Gasteiger partial charge >= 0.3 is 0 Å². The summed E-state index contributed by atoms with van der Waals surface area (Å²) >= 11 is 1.60. The zero-order valence-electron chi connectivity index (χ0n) is 9.17. The van der Waals surface area contributed by atoms with E-state index in [1.54, 1.807) is 24.2 Å². The Bertz CT molecular complexity index is 524. The smallest absolute Gasteiger partial charge is 0.229 e. The number of rotatable bonds is 4. The van der Waals surface area contributed by atoms with Crippen molar-refractivity contribution in [3.05, 3.63) is 30.2 Å². The Balaban J connectivity index is 1.65. The molecule has 2 heterocycles. The lowest BCUT2D eigenvalue weighted by Gasteiger charge is -2.01. The molecule has 1 fully saturated rings. The molecule has 2 N–H and O–H groups in total. The van der Waals surface area contributed by atoms with Crippen molar-refractivity contribution < 1.29 is 4.52 Å². The summed E-state index contributed by atoms with van der Waals surface area (Å²) in [4.78, 5) is 9.31. The van der Waals surface area contributed by atoms with Gasteiger partial charge in [0.1, 0.15) is 0 Å². The van der Waals surface area contributed by atoms with Gasteiger partial charge in [0.15, 0.2) is 5.82 Å². The predicted molar refractivity (Wildman–Crippen MR) is 64.5 cm³/mol. The summed E-state index contributed by atoms with van der Waals surface area (Å²) in [5.74, 6) is 2.69. The van der Waals surface area contributed by atoms with E-state index in [0.717, 1.165) is 16.6 Å². The number of nitrogen functional groups attached to an aromatic ring is 1. The Kier molecular flexibility index (Phi) is 2.72. The van der Waals surface area contributed by atoms with Crippen molar-refractivity contribution in [2.24, 2.45) is 0 Å². The molecule has 6 heteroatoms. The van der Waals surface area contributed by atoms with Gasteiger partial charge in [-0.3, -0.25) is 4.98 Å². The molecule has 0 aliphatic heterocycles. The van der Waals surface area contributed by atoms with E-state index in [1.165, 1.54) is 12.8 Å². The first kappa shape index (κ1) is 10.6. The van der Waals surface area contributed by atoms with Gasteiger partial charge in [-0.1, -0.05) is 5.16 Å². The molecule has 0 aromatic carbocycles. The number of nitrogens with two attached hydrogens (primary N) is 1. The highest BCUT2D eigenvalue weighted by atomic mass is 32.2. The molecule has 2 aromatic rings. The number of anilines is 1. The summed E-state index contributed by atoms with van der Waals surface area (Å²) in [5, 5.41) is 3.96. The van der Waals surface area contributed by atoms with Crippen LogP contribution in [0.2, 0.25) is 0 Å². The van der Waals surface area contributed by atoms with Crippen LogP contribution in [0.25, 0.3) is 0 Å². The van der Waals surface area contributed by atoms with Crippen LogP contribution in [-0.4, -0.2) is 15.1 Å². The summed E-state index contributed by atoms with van der Waals surface area (Å²) in [6.45, 7) is 0. The molecule has 0 spiro atoms. The first-order chi connectivity index (χ1) is 8.33. The fraction of sp³-hybridized carbons (Fsp3) is 0.364. The van der Waals surface area contributed by atoms with Crippen molar-refractivity contribution in [1.29, 1.82) is 0 Å². The molecule has 3 rings (SSSR count). The molecule has 2 aromatic heterocycles. The summed E-state index contributed by atoms with van der Waals surface area (Å²) in [5.41, 5.74) is 6.48. The minimum absolute atomic E-state index is 0.507. The second-order valence-corrected chi connectivity index (χ2v) is 5.04. The van der Waals surface area contributed by atoms with E-state index in [0.29, 0.717) is 17.4 Å². The molecule has 88 valence electrons. The lowest BCUT2D eigenvalue weighted by atomic mass is 10.4. The van der Waals surface area contributed by atoms with Crippen molar-refractivity contribution in [2.75, 3.05) is 5.73 Å². The van der Waals surface area contributed by atoms with Gasteiger partial charge in [0.2, 0.25) is 5.89 Å². The lowest BCUT2D eigenvalue weighted by molar-refractivity contribution is 0.375. The molecule has 1 aliphatic carbocycles. The Morgan fingerprint density at radius 1 is 1.47 bits per heavy atom. The Morgan fingerprint density at radius 3 is 3.12 bits per heavy atom. The third kappa shape index (κ3) is 2.41. The maximum absolute atomic E-state index is 5.80. The maximum atomic E-state index is 5.80. The summed E-state index contributed by atoms with van der Waals surface area (Å²) < 4.78 is 5.19. The summed E-state index contributed by atoms with van der Waals surface area (Å²) in [7, 11) is 0. The van der Waals surface area contributed by atoms with E-state index in [2.05, 4.69) is 15.1 Å². The second-order valence-electron chi connectivity index (χ2n) is 4.03. The highest BCUT2D eigenvalue weighted by molar-refractivity contribution is 7.98. The minimum Gasteiger partial charge on any atom is -0.397 e. The number of hydrogen-bond donors (Lipinski definition) is 1. The average molecular weight is 248 g/mol. The summed E-state index contributed by atoms with van der Waals surface area (Å²) in [6.07, 6.45) is 5.72. The van der Waals surface area contributed by atoms with Crippen LogP contribution >= 0.6 is 11.8 Å². The van der Waals surface area contributed by atoms with Crippen LogP contribution in [0.4, 0.5) is 5.69 Å². The molecule has 5 nitrogen and oxygen atoms in total. The van der Waals surface area contributed by atoms with Crippen molar-refractivity contribution in [2.45, 2.75) is 29.4 Å². The highest BCUT2D eigenvalue weighted by Crippen LogP contribution is 2.39. The zero-order chi connectivity index (χ0) is 11.7. The highest BCUT2D eigenvalue weighted by Gasteiger charge is 2.29. The molecular weight excluding hydrogens is 236 g/mol. The fourth-order valence-corrected chi connectivity index (χ4v) is 2.27. The molecule has 1 aliphatic rings. The molecule has 0 radical (unpaired) electrons. The zero-order valence-corrected chi connectivity index (χ0v) is 9.98. The standard InChI is InChI=1S/C11H12N4OS/c12-8-5-13-4-3-9(8)17-6-10-14-11(16-15-10)7-1-2-7/h3-5,7H,1-2,6,12H2. The SMILES string of the molecule is Nc1cnccc1SCc1noc(C2CC2)n1. The topological polar surface area (TPSA) is 77.8 Å². The number of aromatic nitrogens is 3. The van der Waals surface area contributed by atoms with E-state index in [4.69, 9.17) is 10.3 Å². The van der Waals surface area contributed by atoms with Gasteiger partial charge in [0.25, 0.3) is 0 Å². The molecule has 0 unspecified atom stereocenters. The minimum atomic E-state index is 0.507. The van der Waals surface area contributed by atoms with Crippen LogP contribution in [0.1, 0.15) is 30.5 Å². The average Bonchev–Trinajstić information content (AvgIpc) is 3.08. The molecule has 0 saturated heterocycles. The predicted octanol–water partition coefficient (Wildman–Crippen LogP) is 2.22. The van der Waals surface area contributed by atoms with Crippen LogP contribution in [0.3, 0.4) is 0 Å².